The van der Waals surface area contributed by atoms with Crippen LogP contribution in [0.15, 0.2) is 194 Å². The first kappa shape index (κ1) is 42.4. The van der Waals surface area contributed by atoms with E-state index in [0.29, 0.717) is 67.7 Å². The molecule has 330 valence electrons. The molecule has 0 aliphatic carbocycles. The summed E-state index contributed by atoms with van der Waals surface area (Å²) in [7, 11) is 0. The predicted molar refractivity (Wildman–Crippen MR) is 279 cm³/mol. The van der Waals surface area contributed by atoms with Crippen molar-refractivity contribution >= 4 is 43.6 Å². The van der Waals surface area contributed by atoms with E-state index in [9.17, 15) is 26.3 Å². The Balaban J connectivity index is 1.18. The molecule has 10 heteroatoms. The molecule has 12 rings (SSSR count). The summed E-state index contributed by atoms with van der Waals surface area (Å²) >= 11 is 0. The maximum atomic E-state index is 11.3. The first-order valence-corrected chi connectivity index (χ1v) is 22.9. The summed E-state index contributed by atoms with van der Waals surface area (Å²) in [6.45, 7) is 0. The van der Waals surface area contributed by atoms with Gasteiger partial charge in [0.05, 0.1) is 91.6 Å². The molecule has 72 heavy (non-hydrogen) atoms. The molecule has 0 radical (unpaired) electrons. The maximum Gasteiger partial charge on any atom is 0.165 e. The number of rotatable bonds is 7. The average molecular weight is 917 g/mol. The van der Waals surface area contributed by atoms with Gasteiger partial charge in [0.25, 0.3) is 0 Å². The van der Waals surface area contributed by atoms with E-state index in [-0.39, 0.29) is 0 Å². The fourth-order valence-electron chi connectivity index (χ4n) is 9.86. The highest BCUT2D eigenvalue weighted by molar-refractivity contribution is 6.13. The van der Waals surface area contributed by atoms with Crippen molar-refractivity contribution in [1.29, 1.82) is 26.3 Å². The Morgan fingerprint density at radius 1 is 0.292 bits per heavy atom. The van der Waals surface area contributed by atoms with Crippen LogP contribution < -0.4 is 0 Å². The first-order chi connectivity index (χ1) is 35.5. The second-order valence-corrected chi connectivity index (χ2v) is 17.2. The van der Waals surface area contributed by atoms with Crippen molar-refractivity contribution in [2.45, 2.75) is 0 Å². The lowest BCUT2D eigenvalue weighted by molar-refractivity contribution is 1.06. The van der Waals surface area contributed by atoms with Crippen molar-refractivity contribution in [3.63, 3.8) is 0 Å². The van der Waals surface area contributed by atoms with Gasteiger partial charge in [-0.2, -0.15) is 26.3 Å². The summed E-state index contributed by atoms with van der Waals surface area (Å²) in [6, 6.07) is 73.6. The molecule has 0 fully saturated rings. The Morgan fingerprint density at radius 3 is 1.15 bits per heavy atom. The Bertz CT molecular complexity index is 4400. The van der Waals surface area contributed by atoms with Crippen molar-refractivity contribution in [3.05, 3.63) is 222 Å². The lowest BCUT2D eigenvalue weighted by Gasteiger charge is -2.19. The molecular weight excluding hydrogens is 885 g/mol. The quantitative estimate of drug-likeness (QED) is 0.152. The first-order valence-electron chi connectivity index (χ1n) is 22.9. The molecule has 3 aromatic heterocycles. The number of para-hydroxylation sites is 2. The highest BCUT2D eigenvalue weighted by Gasteiger charge is 2.25. The van der Waals surface area contributed by atoms with E-state index < -0.39 is 0 Å². The third kappa shape index (κ3) is 6.96. The zero-order valence-corrected chi connectivity index (χ0v) is 37.9. The van der Waals surface area contributed by atoms with E-state index in [1.807, 2.05) is 127 Å². The smallest absolute Gasteiger partial charge is 0.165 e. The summed E-state index contributed by atoms with van der Waals surface area (Å²) in [5, 5.41) is 54.7. The number of hydrogen-bond donors (Lipinski definition) is 0. The summed E-state index contributed by atoms with van der Waals surface area (Å²) in [6.07, 6.45) is 0. The van der Waals surface area contributed by atoms with Gasteiger partial charge in [-0.15, -0.1) is 0 Å². The van der Waals surface area contributed by atoms with E-state index in [4.69, 9.17) is 15.0 Å². The second-order valence-electron chi connectivity index (χ2n) is 17.2. The minimum atomic E-state index is 0.322. The van der Waals surface area contributed by atoms with Gasteiger partial charge >= 0.3 is 0 Å². The molecule has 12 aromatic rings. The number of nitrogens with zero attached hydrogens (tertiary/aromatic N) is 10. The van der Waals surface area contributed by atoms with Crippen LogP contribution in [0.3, 0.4) is 0 Å². The largest absolute Gasteiger partial charge is 0.307 e. The van der Waals surface area contributed by atoms with Crippen LogP contribution in [0.2, 0.25) is 0 Å². The fourth-order valence-corrected chi connectivity index (χ4v) is 9.86. The standard InChI is InChI=1S/C62H32N10/c63-33-38-19-23-47(44(27-38)35-65)42-21-25-56-52(29-42)49-15-7-9-17-54(49)71(56)58-31-46(37-67)51(62-69-60(40-11-3-1-4-12-40)68-61(70-62)41-13-5-2-6-14-41)32-59(58)72-55-18-10-8-16-50(55)53-30-43(22-26-57(53)72)48-24-20-39(34-64)28-45(48)36-66/h1-32H. The minimum Gasteiger partial charge on any atom is -0.307 e. The van der Waals surface area contributed by atoms with Gasteiger partial charge in [-0.25, -0.2) is 15.0 Å². The van der Waals surface area contributed by atoms with Gasteiger partial charge in [0, 0.05) is 38.2 Å². The number of aromatic nitrogens is 5. The average Bonchev–Trinajstić information content (AvgIpc) is 3.96. The Morgan fingerprint density at radius 2 is 0.694 bits per heavy atom. The minimum absolute atomic E-state index is 0.322. The number of fused-ring (bicyclic) bond motifs is 6. The van der Waals surface area contributed by atoms with Gasteiger partial charge in [-0.1, -0.05) is 121 Å². The third-order valence-electron chi connectivity index (χ3n) is 13.2. The molecule has 0 N–H and O–H groups in total. The van der Waals surface area contributed by atoms with Crippen molar-refractivity contribution in [2.75, 3.05) is 0 Å². The van der Waals surface area contributed by atoms with E-state index in [0.717, 1.165) is 71.6 Å². The van der Waals surface area contributed by atoms with Crippen LogP contribution in [-0.4, -0.2) is 24.1 Å². The van der Waals surface area contributed by atoms with E-state index in [2.05, 4.69) is 81.9 Å². The Labute approximate surface area is 412 Å². The molecule has 0 bridgehead atoms. The lowest BCUT2D eigenvalue weighted by atomic mass is 9.97. The zero-order chi connectivity index (χ0) is 48.9. The van der Waals surface area contributed by atoms with Crippen molar-refractivity contribution in [2.24, 2.45) is 0 Å². The molecule has 0 spiro atoms. The lowest BCUT2D eigenvalue weighted by Crippen LogP contribution is -2.07. The fraction of sp³-hybridized carbons (Fsp3) is 0. The van der Waals surface area contributed by atoms with Crippen LogP contribution in [0.1, 0.15) is 27.8 Å². The summed E-state index contributed by atoms with van der Waals surface area (Å²) in [5.41, 5.74) is 12.0. The van der Waals surface area contributed by atoms with Crippen LogP contribution in [0, 0.1) is 56.7 Å². The van der Waals surface area contributed by atoms with Crippen LogP contribution in [-0.2, 0) is 0 Å². The Kier molecular flexibility index (Phi) is 10.2. The molecule has 0 atom stereocenters. The normalized spacial score (nSPS) is 11.0. The molecule has 0 saturated heterocycles. The van der Waals surface area contributed by atoms with Crippen molar-refractivity contribution in [3.8, 4) is 98.1 Å². The SMILES string of the molecule is N#Cc1ccc(-c2ccc3c(c2)c2ccccc2n3-c2cc(C#N)c(-c3nc(-c4ccccc4)nc(-c4ccccc4)n3)cc2-n2c3ccccc3c3cc(-c4ccc(C#N)cc4C#N)ccc32)c(C#N)c1. The van der Waals surface area contributed by atoms with Crippen molar-refractivity contribution in [1.82, 2.24) is 24.1 Å². The molecule has 0 unspecified atom stereocenters. The molecule has 0 aliphatic rings. The van der Waals surface area contributed by atoms with E-state index in [1.54, 1.807) is 24.3 Å². The van der Waals surface area contributed by atoms with Crippen LogP contribution in [0.25, 0.3) is 111 Å². The second kappa shape index (κ2) is 17.3. The number of benzene rings is 9. The zero-order valence-electron chi connectivity index (χ0n) is 37.9. The van der Waals surface area contributed by atoms with E-state index in [1.165, 1.54) is 0 Å². The maximum absolute atomic E-state index is 11.3. The molecule has 10 nitrogen and oxygen atoms in total. The molecule has 0 amide bonds. The number of hydrogen-bond acceptors (Lipinski definition) is 8. The topological polar surface area (TPSA) is 167 Å². The highest BCUT2D eigenvalue weighted by atomic mass is 15.1. The molecule has 0 saturated carbocycles. The summed E-state index contributed by atoms with van der Waals surface area (Å²) in [5.74, 6) is 1.23. The van der Waals surface area contributed by atoms with Crippen LogP contribution in [0.5, 0.6) is 0 Å². The van der Waals surface area contributed by atoms with Crippen LogP contribution in [0.4, 0.5) is 0 Å². The Hall–Kier alpha value is -11.0. The third-order valence-corrected chi connectivity index (χ3v) is 13.2. The molecule has 0 aliphatic heterocycles. The summed E-state index contributed by atoms with van der Waals surface area (Å²) in [4.78, 5) is 15.2. The van der Waals surface area contributed by atoms with Crippen LogP contribution >= 0.6 is 0 Å². The molecular formula is C62H32N10. The monoisotopic (exact) mass is 916 g/mol. The van der Waals surface area contributed by atoms with Gasteiger partial charge in [0.15, 0.2) is 17.5 Å². The van der Waals surface area contributed by atoms with Crippen molar-refractivity contribution < 1.29 is 0 Å². The molecule has 3 heterocycles. The van der Waals surface area contributed by atoms with Gasteiger partial charge in [-0.05, 0) is 95.1 Å². The highest BCUT2D eigenvalue weighted by Crippen LogP contribution is 2.43. The van der Waals surface area contributed by atoms with E-state index >= 15 is 0 Å². The predicted octanol–water partition coefficient (Wildman–Crippen LogP) is 13.8. The van der Waals surface area contributed by atoms with Gasteiger partial charge in [-0.3, -0.25) is 0 Å². The summed E-state index contributed by atoms with van der Waals surface area (Å²) < 4.78 is 4.39. The van der Waals surface area contributed by atoms with Gasteiger partial charge in [0.2, 0.25) is 0 Å². The van der Waals surface area contributed by atoms with Gasteiger partial charge < -0.3 is 9.13 Å². The van der Waals surface area contributed by atoms with Gasteiger partial charge in [0.1, 0.15) is 0 Å². The molecule has 9 aromatic carbocycles. The number of nitriles is 5.